The second-order valence-corrected chi connectivity index (χ2v) is 6.42. The van der Waals surface area contributed by atoms with Crippen LogP contribution in [0.1, 0.15) is 22.7 Å². The van der Waals surface area contributed by atoms with E-state index < -0.39 is 11.7 Å². The van der Waals surface area contributed by atoms with Gasteiger partial charge in [0, 0.05) is 37.8 Å². The number of benzene rings is 2. The van der Waals surface area contributed by atoms with Crippen molar-refractivity contribution in [2.24, 2.45) is 0 Å². The maximum atomic E-state index is 13.3. The molecule has 4 nitrogen and oxygen atoms in total. The van der Waals surface area contributed by atoms with Gasteiger partial charge in [-0.2, -0.15) is 13.2 Å². The summed E-state index contributed by atoms with van der Waals surface area (Å²) in [5, 5.41) is 3.28. The predicted molar refractivity (Wildman–Crippen MR) is 97.3 cm³/mol. The lowest BCUT2D eigenvalue weighted by atomic mass is 9.94. The molecule has 2 aromatic rings. The van der Waals surface area contributed by atoms with E-state index in [0.29, 0.717) is 17.1 Å². The van der Waals surface area contributed by atoms with Gasteiger partial charge in [0.1, 0.15) is 11.5 Å². The Morgan fingerprint density at radius 3 is 2.37 bits per heavy atom. The number of nitrogens with zero attached hydrogens (tertiary/aromatic N) is 1. The second kappa shape index (κ2) is 8.19. The first kappa shape index (κ1) is 19.5. The number of nitrogens with one attached hydrogen (secondary N) is 1. The van der Waals surface area contributed by atoms with Crippen molar-refractivity contribution in [3.8, 4) is 11.5 Å². The van der Waals surface area contributed by atoms with E-state index in [0.717, 1.165) is 37.8 Å². The van der Waals surface area contributed by atoms with Crippen molar-refractivity contribution < 1.29 is 22.6 Å². The highest BCUT2D eigenvalue weighted by molar-refractivity contribution is 5.47. The van der Waals surface area contributed by atoms with Gasteiger partial charge in [0.05, 0.1) is 25.8 Å². The van der Waals surface area contributed by atoms with Crippen LogP contribution in [0.5, 0.6) is 11.5 Å². The first-order valence-electron chi connectivity index (χ1n) is 8.78. The summed E-state index contributed by atoms with van der Waals surface area (Å²) in [7, 11) is 3.12. The summed E-state index contributed by atoms with van der Waals surface area (Å²) in [4.78, 5) is 2.18. The second-order valence-electron chi connectivity index (χ2n) is 6.42. The van der Waals surface area contributed by atoms with E-state index in [1.54, 1.807) is 32.4 Å². The lowest BCUT2D eigenvalue weighted by Crippen LogP contribution is -2.45. The molecular weight excluding hydrogens is 357 g/mol. The topological polar surface area (TPSA) is 33.7 Å². The van der Waals surface area contributed by atoms with Gasteiger partial charge < -0.3 is 14.8 Å². The van der Waals surface area contributed by atoms with Crippen LogP contribution in [0.15, 0.2) is 42.5 Å². The first-order valence-corrected chi connectivity index (χ1v) is 8.78. The first-order chi connectivity index (χ1) is 12.9. The number of rotatable bonds is 5. The van der Waals surface area contributed by atoms with Crippen LogP contribution in [-0.2, 0) is 6.18 Å². The van der Waals surface area contributed by atoms with Crippen molar-refractivity contribution in [3.05, 3.63) is 59.2 Å². The largest absolute Gasteiger partial charge is 0.497 e. The predicted octanol–water partition coefficient (Wildman–Crippen LogP) is 3.72. The molecule has 1 aliphatic heterocycles. The van der Waals surface area contributed by atoms with Crippen LogP contribution in [0.25, 0.3) is 0 Å². The van der Waals surface area contributed by atoms with Crippen LogP contribution in [0.2, 0.25) is 0 Å². The average Bonchev–Trinajstić information content (AvgIpc) is 2.69. The van der Waals surface area contributed by atoms with Crippen molar-refractivity contribution in [1.82, 2.24) is 10.2 Å². The molecule has 7 heteroatoms. The normalized spacial score (nSPS) is 16.8. The van der Waals surface area contributed by atoms with Crippen LogP contribution in [0, 0.1) is 0 Å². The highest BCUT2D eigenvalue weighted by Gasteiger charge is 2.33. The zero-order chi connectivity index (χ0) is 19.4. The molecule has 3 rings (SSSR count). The summed E-state index contributed by atoms with van der Waals surface area (Å²) in [6, 6.07) is 10.6. The summed E-state index contributed by atoms with van der Waals surface area (Å²) in [6.07, 6.45) is -4.38. The number of alkyl halides is 3. The zero-order valence-corrected chi connectivity index (χ0v) is 15.3. The fourth-order valence-corrected chi connectivity index (χ4v) is 3.46. The number of methoxy groups -OCH3 is 2. The minimum absolute atomic E-state index is 0.338. The van der Waals surface area contributed by atoms with Crippen LogP contribution in [0.3, 0.4) is 0 Å². The summed E-state index contributed by atoms with van der Waals surface area (Å²) >= 11 is 0. The van der Waals surface area contributed by atoms with Gasteiger partial charge in [0.25, 0.3) is 0 Å². The molecule has 1 fully saturated rings. The summed E-state index contributed by atoms with van der Waals surface area (Å²) < 4.78 is 50.6. The Kier molecular flexibility index (Phi) is 5.92. The van der Waals surface area contributed by atoms with E-state index >= 15 is 0 Å². The molecule has 0 aromatic heterocycles. The Morgan fingerprint density at radius 1 is 1.00 bits per heavy atom. The SMILES string of the molecule is COc1ccc(C(c2cccc(C(F)(F)F)c2)N2CCNCC2)c(OC)c1. The van der Waals surface area contributed by atoms with Crippen molar-refractivity contribution in [2.45, 2.75) is 12.2 Å². The fourth-order valence-electron chi connectivity index (χ4n) is 3.46. The van der Waals surface area contributed by atoms with Crippen LogP contribution < -0.4 is 14.8 Å². The lowest BCUT2D eigenvalue weighted by molar-refractivity contribution is -0.137. The van der Waals surface area contributed by atoms with Gasteiger partial charge in [0.15, 0.2) is 0 Å². The Bertz CT molecular complexity index is 774. The van der Waals surface area contributed by atoms with E-state index in [4.69, 9.17) is 9.47 Å². The number of piperazine rings is 1. The van der Waals surface area contributed by atoms with Gasteiger partial charge in [-0.3, -0.25) is 4.90 Å². The molecule has 146 valence electrons. The van der Waals surface area contributed by atoms with Crippen LogP contribution in [-0.4, -0.2) is 45.3 Å². The third-order valence-electron chi connectivity index (χ3n) is 4.78. The molecule has 1 aliphatic rings. The summed E-state index contributed by atoms with van der Waals surface area (Å²) in [5.74, 6) is 1.23. The Morgan fingerprint density at radius 2 is 1.74 bits per heavy atom. The van der Waals surface area contributed by atoms with Crippen molar-refractivity contribution in [2.75, 3.05) is 40.4 Å². The quantitative estimate of drug-likeness (QED) is 0.857. The minimum Gasteiger partial charge on any atom is -0.497 e. The highest BCUT2D eigenvalue weighted by Crippen LogP contribution is 2.39. The Hall–Kier alpha value is -2.25. The third kappa shape index (κ3) is 4.36. The van der Waals surface area contributed by atoms with Gasteiger partial charge in [-0.1, -0.05) is 12.1 Å². The highest BCUT2D eigenvalue weighted by atomic mass is 19.4. The molecule has 1 atom stereocenters. The molecule has 0 radical (unpaired) electrons. The summed E-state index contributed by atoms with van der Waals surface area (Å²) in [5.41, 5.74) is 0.766. The molecule has 1 saturated heterocycles. The molecule has 1 N–H and O–H groups in total. The molecule has 1 unspecified atom stereocenters. The lowest BCUT2D eigenvalue weighted by Gasteiger charge is -2.36. The van der Waals surface area contributed by atoms with Gasteiger partial charge in [-0.25, -0.2) is 0 Å². The van der Waals surface area contributed by atoms with Crippen molar-refractivity contribution in [1.29, 1.82) is 0 Å². The van der Waals surface area contributed by atoms with E-state index in [-0.39, 0.29) is 6.04 Å². The third-order valence-corrected chi connectivity index (χ3v) is 4.78. The minimum atomic E-state index is -4.38. The molecule has 0 aliphatic carbocycles. The van der Waals surface area contributed by atoms with E-state index in [9.17, 15) is 13.2 Å². The zero-order valence-electron chi connectivity index (χ0n) is 15.3. The van der Waals surface area contributed by atoms with Gasteiger partial charge in [-0.05, 0) is 29.8 Å². The monoisotopic (exact) mass is 380 g/mol. The maximum absolute atomic E-state index is 13.3. The average molecular weight is 380 g/mol. The van der Waals surface area contributed by atoms with Crippen molar-refractivity contribution in [3.63, 3.8) is 0 Å². The number of ether oxygens (including phenoxy) is 2. The van der Waals surface area contributed by atoms with E-state index in [1.165, 1.54) is 12.1 Å². The van der Waals surface area contributed by atoms with Crippen LogP contribution in [0.4, 0.5) is 13.2 Å². The molecule has 2 aromatic carbocycles. The standard InChI is InChI=1S/C20H23F3N2O2/c1-26-16-6-7-17(18(13-16)27-2)19(25-10-8-24-9-11-25)14-4-3-5-15(12-14)20(21,22)23/h3-7,12-13,19,24H,8-11H2,1-2H3. The molecule has 0 saturated carbocycles. The molecule has 27 heavy (non-hydrogen) atoms. The van der Waals surface area contributed by atoms with Gasteiger partial charge in [-0.15, -0.1) is 0 Å². The Balaban J connectivity index is 2.10. The maximum Gasteiger partial charge on any atom is 0.416 e. The number of hydrogen-bond acceptors (Lipinski definition) is 4. The smallest absolute Gasteiger partial charge is 0.416 e. The van der Waals surface area contributed by atoms with Gasteiger partial charge >= 0.3 is 6.18 Å². The fraction of sp³-hybridized carbons (Fsp3) is 0.400. The number of halogens is 3. The molecule has 0 spiro atoms. The molecule has 0 bridgehead atoms. The van der Waals surface area contributed by atoms with Crippen LogP contribution >= 0.6 is 0 Å². The van der Waals surface area contributed by atoms with E-state index in [1.807, 2.05) is 6.07 Å². The van der Waals surface area contributed by atoms with Crippen molar-refractivity contribution >= 4 is 0 Å². The number of hydrogen-bond donors (Lipinski definition) is 1. The molecular formula is C20H23F3N2O2. The molecule has 0 amide bonds. The van der Waals surface area contributed by atoms with E-state index in [2.05, 4.69) is 10.2 Å². The Labute approximate surface area is 156 Å². The summed E-state index contributed by atoms with van der Waals surface area (Å²) in [6.45, 7) is 3.04. The van der Waals surface area contributed by atoms with Gasteiger partial charge in [0.2, 0.25) is 0 Å². The molecule has 1 heterocycles.